The quantitative estimate of drug-likeness (QED) is 0.723. The number of aromatic nitrogens is 4. The number of carbonyl (C=O) groups excluding carboxylic acids is 1. The van der Waals surface area contributed by atoms with Crippen LogP contribution < -0.4 is 10.7 Å². The van der Waals surface area contributed by atoms with Crippen LogP contribution in [0.5, 0.6) is 0 Å². The molecule has 2 aromatic heterocycles. The van der Waals surface area contributed by atoms with E-state index in [9.17, 15) is 9.59 Å². The Kier molecular flexibility index (Phi) is 5.65. The molecule has 0 spiro atoms. The van der Waals surface area contributed by atoms with E-state index in [1.54, 1.807) is 40.8 Å². The van der Waals surface area contributed by atoms with E-state index < -0.39 is 6.09 Å². The summed E-state index contributed by atoms with van der Waals surface area (Å²) < 4.78 is 8.30. The van der Waals surface area contributed by atoms with E-state index in [4.69, 9.17) is 4.74 Å². The third-order valence-electron chi connectivity index (χ3n) is 3.91. The molecule has 3 aromatic rings. The van der Waals surface area contributed by atoms with Crippen LogP contribution in [0.3, 0.4) is 0 Å². The molecule has 0 bridgehead atoms. The Bertz CT molecular complexity index is 993. The van der Waals surface area contributed by atoms with Gasteiger partial charge in [-0.2, -0.15) is 10.2 Å². The molecule has 0 aliphatic heterocycles. The van der Waals surface area contributed by atoms with Crippen molar-refractivity contribution in [3.05, 3.63) is 70.4 Å². The second-order valence-corrected chi connectivity index (χ2v) is 5.85. The predicted molar refractivity (Wildman–Crippen MR) is 101 cm³/mol. The van der Waals surface area contributed by atoms with Crippen molar-refractivity contribution in [3.8, 4) is 5.69 Å². The van der Waals surface area contributed by atoms with Crippen LogP contribution in [-0.4, -0.2) is 32.3 Å². The van der Waals surface area contributed by atoms with Crippen molar-refractivity contribution >= 4 is 11.8 Å². The summed E-state index contributed by atoms with van der Waals surface area (Å²) in [6.45, 7) is 4.80. The zero-order chi connectivity index (χ0) is 19.2. The van der Waals surface area contributed by atoms with Crippen LogP contribution in [-0.2, 0) is 17.7 Å². The molecule has 0 aliphatic carbocycles. The summed E-state index contributed by atoms with van der Waals surface area (Å²) in [7, 11) is 0. The number of amides is 1. The minimum Gasteiger partial charge on any atom is -0.450 e. The van der Waals surface area contributed by atoms with Gasteiger partial charge in [-0.25, -0.2) is 9.48 Å². The molecule has 0 saturated heterocycles. The maximum atomic E-state index is 12.2. The number of nitrogens with zero attached hydrogens (tertiary/aromatic N) is 4. The second kappa shape index (κ2) is 8.31. The number of nitrogens with one attached hydrogen (secondary N) is 1. The van der Waals surface area contributed by atoms with E-state index in [1.165, 1.54) is 6.07 Å². The molecule has 1 N–H and O–H groups in total. The zero-order valence-electron chi connectivity index (χ0n) is 15.3. The number of hydrogen-bond donors (Lipinski definition) is 1. The van der Waals surface area contributed by atoms with Gasteiger partial charge in [-0.3, -0.25) is 14.8 Å². The van der Waals surface area contributed by atoms with E-state index >= 15 is 0 Å². The van der Waals surface area contributed by atoms with Gasteiger partial charge in [0.25, 0.3) is 0 Å². The van der Waals surface area contributed by atoms with Gasteiger partial charge in [0, 0.05) is 30.9 Å². The largest absolute Gasteiger partial charge is 0.450 e. The van der Waals surface area contributed by atoms with E-state index in [0.29, 0.717) is 24.4 Å². The van der Waals surface area contributed by atoms with Gasteiger partial charge in [0.2, 0.25) is 5.43 Å². The lowest BCUT2D eigenvalue weighted by molar-refractivity contribution is 0.168. The highest BCUT2D eigenvalue weighted by atomic mass is 16.5. The fourth-order valence-corrected chi connectivity index (χ4v) is 2.59. The van der Waals surface area contributed by atoms with Crippen LogP contribution in [0.2, 0.25) is 0 Å². The van der Waals surface area contributed by atoms with Gasteiger partial charge < -0.3 is 4.74 Å². The molecule has 1 aromatic carbocycles. The molecule has 0 fully saturated rings. The summed E-state index contributed by atoms with van der Waals surface area (Å²) in [5.74, 6) is 0. The maximum absolute atomic E-state index is 12.2. The smallest absolute Gasteiger partial charge is 0.411 e. The normalized spacial score (nSPS) is 10.6. The number of aryl methyl sites for hydroxylation is 1. The fraction of sp³-hybridized carbons (Fsp3) is 0.263. The molecular formula is C19H21N5O3. The average Bonchev–Trinajstić information content (AvgIpc) is 3.13. The fourth-order valence-electron chi connectivity index (χ4n) is 2.59. The molecule has 8 heteroatoms. The maximum Gasteiger partial charge on any atom is 0.411 e. The monoisotopic (exact) mass is 367 g/mol. The summed E-state index contributed by atoms with van der Waals surface area (Å²) in [5, 5.41) is 11.3. The molecule has 27 heavy (non-hydrogen) atoms. The molecule has 3 rings (SSSR count). The summed E-state index contributed by atoms with van der Waals surface area (Å²) in [5.41, 5.74) is 2.52. The Morgan fingerprint density at radius 2 is 2.11 bits per heavy atom. The van der Waals surface area contributed by atoms with Gasteiger partial charge in [-0.05, 0) is 31.5 Å². The molecule has 0 atom stereocenters. The van der Waals surface area contributed by atoms with Gasteiger partial charge in [0.1, 0.15) is 11.4 Å². The van der Waals surface area contributed by atoms with Crippen molar-refractivity contribution in [2.75, 3.05) is 11.9 Å². The standard InChI is InChI=1S/C19H21N5O3/c1-3-23-13-16(12-20-23)24-9-8-18(25)17(22-24)11-14-6-5-7-15(10-14)21-19(26)27-4-2/h5-10,12-13H,3-4,11H2,1-2H3,(H,21,26). The zero-order valence-corrected chi connectivity index (χ0v) is 15.3. The van der Waals surface area contributed by atoms with Gasteiger partial charge in [-0.1, -0.05) is 12.1 Å². The van der Waals surface area contributed by atoms with Crippen LogP contribution >= 0.6 is 0 Å². The molecule has 0 saturated carbocycles. The summed E-state index contributed by atoms with van der Waals surface area (Å²) in [6.07, 6.45) is 5.03. The molecule has 0 radical (unpaired) electrons. The third kappa shape index (κ3) is 4.60. The van der Waals surface area contributed by atoms with Gasteiger partial charge >= 0.3 is 6.09 Å². The van der Waals surface area contributed by atoms with Crippen molar-refractivity contribution in [2.24, 2.45) is 0 Å². The van der Waals surface area contributed by atoms with E-state index in [0.717, 1.165) is 17.8 Å². The molecule has 0 aliphatic rings. The van der Waals surface area contributed by atoms with Crippen LogP contribution in [0.1, 0.15) is 25.1 Å². The number of rotatable bonds is 6. The van der Waals surface area contributed by atoms with E-state index in [1.807, 2.05) is 25.3 Å². The van der Waals surface area contributed by atoms with Crippen molar-refractivity contribution in [3.63, 3.8) is 0 Å². The Morgan fingerprint density at radius 3 is 2.85 bits per heavy atom. The Morgan fingerprint density at radius 1 is 1.26 bits per heavy atom. The highest BCUT2D eigenvalue weighted by Crippen LogP contribution is 2.13. The van der Waals surface area contributed by atoms with Gasteiger partial charge in [0.15, 0.2) is 0 Å². The van der Waals surface area contributed by atoms with Crippen LogP contribution in [0.15, 0.2) is 53.7 Å². The first-order valence-electron chi connectivity index (χ1n) is 8.73. The molecule has 1 amide bonds. The molecule has 0 unspecified atom stereocenters. The van der Waals surface area contributed by atoms with Gasteiger partial charge in [-0.15, -0.1) is 0 Å². The highest BCUT2D eigenvalue weighted by molar-refractivity contribution is 5.84. The Labute approximate surface area is 156 Å². The molecule has 2 heterocycles. The van der Waals surface area contributed by atoms with Crippen molar-refractivity contribution in [1.29, 1.82) is 0 Å². The first-order chi connectivity index (χ1) is 13.1. The molecule has 8 nitrogen and oxygen atoms in total. The number of anilines is 1. The van der Waals surface area contributed by atoms with Crippen molar-refractivity contribution in [1.82, 2.24) is 19.6 Å². The SMILES string of the molecule is CCOC(=O)Nc1cccc(Cc2nn(-c3cnn(CC)c3)ccc2=O)c1. The second-order valence-electron chi connectivity index (χ2n) is 5.85. The first-order valence-corrected chi connectivity index (χ1v) is 8.73. The lowest BCUT2D eigenvalue weighted by Crippen LogP contribution is -2.16. The van der Waals surface area contributed by atoms with Crippen molar-refractivity contribution < 1.29 is 9.53 Å². The minimum atomic E-state index is -0.511. The highest BCUT2D eigenvalue weighted by Gasteiger charge is 2.08. The topological polar surface area (TPSA) is 91.0 Å². The first kappa shape index (κ1) is 18.4. The molecular weight excluding hydrogens is 346 g/mol. The summed E-state index contributed by atoms with van der Waals surface area (Å²) in [4.78, 5) is 23.8. The lowest BCUT2D eigenvalue weighted by atomic mass is 10.1. The predicted octanol–water partition coefficient (Wildman–Crippen LogP) is 2.61. The number of carbonyl (C=O) groups is 1. The van der Waals surface area contributed by atoms with E-state index in [2.05, 4.69) is 15.5 Å². The van der Waals surface area contributed by atoms with Crippen molar-refractivity contribution in [2.45, 2.75) is 26.8 Å². The summed E-state index contributed by atoms with van der Waals surface area (Å²) >= 11 is 0. The lowest BCUT2D eigenvalue weighted by Gasteiger charge is -2.08. The van der Waals surface area contributed by atoms with Crippen LogP contribution in [0, 0.1) is 0 Å². The number of benzene rings is 1. The van der Waals surface area contributed by atoms with E-state index in [-0.39, 0.29) is 5.43 Å². The average molecular weight is 367 g/mol. The van der Waals surface area contributed by atoms with Gasteiger partial charge in [0.05, 0.1) is 19.0 Å². The van der Waals surface area contributed by atoms with Crippen LogP contribution in [0.25, 0.3) is 5.69 Å². The third-order valence-corrected chi connectivity index (χ3v) is 3.91. The Balaban J connectivity index is 1.82. The Hall–Kier alpha value is -3.42. The molecule has 140 valence electrons. The number of hydrogen-bond acceptors (Lipinski definition) is 5. The van der Waals surface area contributed by atoms with Crippen LogP contribution in [0.4, 0.5) is 10.5 Å². The number of ether oxygens (including phenoxy) is 1. The minimum absolute atomic E-state index is 0.141. The summed E-state index contributed by atoms with van der Waals surface area (Å²) in [6, 6.07) is 8.74.